The van der Waals surface area contributed by atoms with Crippen molar-refractivity contribution in [3.05, 3.63) is 30.3 Å². The monoisotopic (exact) mass is 320 g/mol. The van der Waals surface area contributed by atoms with E-state index < -0.39 is 0 Å². The molecule has 2 saturated heterocycles. The highest BCUT2D eigenvalue weighted by molar-refractivity contribution is 6.95. The molecule has 3 aliphatic rings. The van der Waals surface area contributed by atoms with E-state index in [0.29, 0.717) is 0 Å². The second-order valence-electron chi connectivity index (χ2n) is 9.19. The van der Waals surface area contributed by atoms with Gasteiger partial charge in [-0.15, -0.1) is 5.59 Å². The Morgan fingerprint density at radius 2 is 1.33 bits per heavy atom. The van der Waals surface area contributed by atoms with Crippen LogP contribution in [0.3, 0.4) is 0 Å². The molecule has 24 heavy (non-hydrogen) atoms. The number of nitrogens with zero attached hydrogens (tertiary/aromatic N) is 1. The van der Waals surface area contributed by atoms with E-state index in [1.165, 1.54) is 75.1 Å². The van der Waals surface area contributed by atoms with Crippen LogP contribution in [0.2, 0.25) is 17.5 Å². The summed E-state index contributed by atoms with van der Waals surface area (Å²) in [5.74, 6) is 3.01. The summed E-state index contributed by atoms with van der Waals surface area (Å²) in [7, 11) is 2.36. The molecule has 0 unspecified atom stereocenters. The maximum absolute atomic E-state index is 2.62. The third kappa shape index (κ3) is 1.95. The van der Waals surface area contributed by atoms with Crippen molar-refractivity contribution >= 4 is 22.6 Å². The minimum absolute atomic E-state index is 0.379. The Labute approximate surface area is 146 Å². The third-order valence-corrected chi connectivity index (χ3v) is 8.54. The molecule has 1 saturated carbocycles. The summed E-state index contributed by atoms with van der Waals surface area (Å²) in [4.78, 5) is 0. The van der Waals surface area contributed by atoms with Gasteiger partial charge in [-0.05, 0) is 11.5 Å². The van der Waals surface area contributed by atoms with Crippen molar-refractivity contribution in [1.29, 1.82) is 0 Å². The largest absolute Gasteiger partial charge is 0.386 e. The molecule has 1 aromatic heterocycles. The van der Waals surface area contributed by atoms with Crippen molar-refractivity contribution in [1.82, 2.24) is 4.57 Å². The zero-order valence-electron chi connectivity index (χ0n) is 15.2. The molecule has 0 atom stereocenters. The van der Waals surface area contributed by atoms with Crippen molar-refractivity contribution in [3.8, 4) is 0 Å². The van der Waals surface area contributed by atoms with Gasteiger partial charge >= 0.3 is 0 Å². The second kappa shape index (κ2) is 5.68. The van der Waals surface area contributed by atoms with Crippen LogP contribution in [-0.4, -0.2) is 10.7 Å². The Balaban J connectivity index is 1.75. The highest BCUT2D eigenvalue weighted by atomic mass is 14.9. The van der Waals surface area contributed by atoms with Crippen molar-refractivity contribution in [2.45, 2.75) is 81.7 Å². The molecule has 1 aliphatic carbocycles. The van der Waals surface area contributed by atoms with Gasteiger partial charge in [0.1, 0.15) is 0 Å². The van der Waals surface area contributed by atoms with Crippen LogP contribution in [0.1, 0.15) is 64.2 Å². The maximum atomic E-state index is 2.62. The fourth-order valence-corrected chi connectivity index (χ4v) is 7.85. The van der Waals surface area contributed by atoms with Gasteiger partial charge in [0.15, 0.2) is 0 Å². The molecule has 0 radical (unpaired) electrons. The molecule has 1 aromatic carbocycles. The number of rotatable bonds is 2. The Hall–Kier alpha value is -1.18. The first-order chi connectivity index (χ1) is 11.8. The number of aromatic nitrogens is 1. The molecule has 2 aliphatic heterocycles. The standard InChI is InChI=1S/C22H31BN/c1-24-21-15-5-2-8-17(21)16-22(24)23(18-9-3-4-10-18)19-11-6-12-20(23)14-7-13-19/h2,5,8,15-16,18-20H,3-4,6-7,9-14H2,1H3/q-1. The lowest BCUT2D eigenvalue weighted by molar-refractivity contribution is 0.422. The average molecular weight is 320 g/mol. The summed E-state index contributed by atoms with van der Waals surface area (Å²) < 4.78 is 2.62. The summed E-state index contributed by atoms with van der Waals surface area (Å²) >= 11 is 0. The smallest absolute Gasteiger partial charge is 0.0558 e. The highest BCUT2D eigenvalue weighted by Gasteiger charge is 2.50. The minimum atomic E-state index is -0.379. The SMILES string of the molecule is Cn1c([B-]2(C3CCCC3)C3CCCC2CCC3)cc2ccccc21. The zero-order valence-corrected chi connectivity index (χ0v) is 15.2. The molecular formula is C22H31BN-. The molecular weight excluding hydrogens is 289 g/mol. The summed E-state index contributed by atoms with van der Waals surface area (Å²) in [5, 5.41) is 1.47. The first-order valence-corrected chi connectivity index (χ1v) is 10.5. The van der Waals surface area contributed by atoms with E-state index in [-0.39, 0.29) is 6.15 Å². The molecule has 0 N–H and O–H groups in total. The molecule has 1 nitrogen and oxygen atoms in total. The van der Waals surface area contributed by atoms with E-state index in [1.54, 1.807) is 5.59 Å². The van der Waals surface area contributed by atoms with E-state index in [4.69, 9.17) is 0 Å². The van der Waals surface area contributed by atoms with Crippen LogP contribution >= 0.6 is 0 Å². The van der Waals surface area contributed by atoms with E-state index >= 15 is 0 Å². The van der Waals surface area contributed by atoms with Crippen LogP contribution in [-0.2, 0) is 7.05 Å². The van der Waals surface area contributed by atoms with Gasteiger partial charge in [0, 0.05) is 12.6 Å². The quantitative estimate of drug-likeness (QED) is 0.608. The summed E-state index contributed by atoms with van der Waals surface area (Å²) in [5.41, 5.74) is 3.22. The van der Waals surface area contributed by atoms with Gasteiger partial charge in [-0.1, -0.05) is 88.5 Å². The van der Waals surface area contributed by atoms with E-state index in [2.05, 4.69) is 41.9 Å². The predicted octanol–water partition coefficient (Wildman–Crippen LogP) is 5.89. The first kappa shape index (κ1) is 15.1. The normalized spacial score (nSPS) is 34.0. The van der Waals surface area contributed by atoms with Gasteiger partial charge in [-0.2, -0.15) is 17.5 Å². The van der Waals surface area contributed by atoms with Gasteiger partial charge in [-0.3, -0.25) is 0 Å². The summed E-state index contributed by atoms with van der Waals surface area (Å²) in [6.07, 6.45) is 14.6. The molecule has 0 amide bonds. The molecule has 2 heteroatoms. The number of fused-ring (bicyclic) bond motifs is 3. The Morgan fingerprint density at radius 3 is 1.92 bits per heavy atom. The van der Waals surface area contributed by atoms with Crippen molar-refractivity contribution in [2.24, 2.45) is 7.05 Å². The molecule has 3 heterocycles. The van der Waals surface area contributed by atoms with Crippen LogP contribution in [0.15, 0.2) is 30.3 Å². The van der Waals surface area contributed by atoms with Gasteiger partial charge in [-0.25, -0.2) is 0 Å². The fourth-order valence-electron chi connectivity index (χ4n) is 7.85. The van der Waals surface area contributed by atoms with Crippen molar-refractivity contribution < 1.29 is 0 Å². The van der Waals surface area contributed by atoms with Crippen LogP contribution in [0.25, 0.3) is 10.9 Å². The van der Waals surface area contributed by atoms with Gasteiger partial charge in [0.05, 0.1) is 6.15 Å². The Bertz CT molecular complexity index is 712. The zero-order chi connectivity index (χ0) is 16.1. The van der Waals surface area contributed by atoms with Gasteiger partial charge in [0.25, 0.3) is 0 Å². The highest BCUT2D eigenvalue weighted by Crippen LogP contribution is 2.60. The third-order valence-electron chi connectivity index (χ3n) is 8.54. The van der Waals surface area contributed by atoms with Crippen LogP contribution in [0.4, 0.5) is 0 Å². The Morgan fingerprint density at radius 1 is 0.792 bits per heavy atom. The van der Waals surface area contributed by atoms with Crippen LogP contribution in [0, 0.1) is 0 Å². The average Bonchev–Trinajstić information content (AvgIpc) is 3.23. The number of aryl methyl sites for hydroxylation is 1. The predicted molar refractivity (Wildman–Crippen MR) is 106 cm³/mol. The summed E-state index contributed by atoms with van der Waals surface area (Å²) in [6, 6.07) is 11.7. The van der Waals surface area contributed by atoms with Gasteiger partial charge in [0.2, 0.25) is 0 Å². The molecule has 128 valence electrons. The second-order valence-corrected chi connectivity index (χ2v) is 9.19. The number of hydrogen-bond donors (Lipinski definition) is 0. The fraction of sp³-hybridized carbons (Fsp3) is 0.636. The molecule has 3 fully saturated rings. The number of hydrogen-bond acceptors (Lipinski definition) is 0. The van der Waals surface area contributed by atoms with Gasteiger partial charge < -0.3 is 4.57 Å². The van der Waals surface area contributed by atoms with Crippen molar-refractivity contribution in [3.63, 3.8) is 0 Å². The van der Waals surface area contributed by atoms with E-state index in [0.717, 1.165) is 17.5 Å². The van der Waals surface area contributed by atoms with E-state index in [1.807, 2.05) is 0 Å². The van der Waals surface area contributed by atoms with E-state index in [9.17, 15) is 0 Å². The molecule has 0 spiro atoms. The topological polar surface area (TPSA) is 4.93 Å². The molecule has 2 aromatic rings. The molecule has 2 bridgehead atoms. The summed E-state index contributed by atoms with van der Waals surface area (Å²) in [6.45, 7) is 0. The minimum Gasteiger partial charge on any atom is -0.386 e. The van der Waals surface area contributed by atoms with Crippen LogP contribution in [0.5, 0.6) is 0 Å². The lowest BCUT2D eigenvalue weighted by atomic mass is 9.03. The lowest BCUT2D eigenvalue weighted by Crippen LogP contribution is -2.63. The van der Waals surface area contributed by atoms with Crippen LogP contribution < -0.4 is 5.59 Å². The van der Waals surface area contributed by atoms with Crippen molar-refractivity contribution in [2.75, 3.05) is 0 Å². The maximum Gasteiger partial charge on any atom is 0.0558 e. The first-order valence-electron chi connectivity index (χ1n) is 10.5. The number of benzene rings is 1. The lowest BCUT2D eigenvalue weighted by Gasteiger charge is -2.63. The number of para-hydroxylation sites is 1. The molecule has 5 rings (SSSR count). The Kier molecular flexibility index (Phi) is 3.58.